The smallest absolute Gasteiger partial charge is 0.231 e. The molecule has 0 bridgehead atoms. The SMILES string of the molecule is C=C=Cc1cc2c(cc1CC(=C)C)OCO2. The molecule has 0 radical (unpaired) electrons. The molecule has 1 heterocycles. The molecule has 0 saturated carbocycles. The second kappa shape index (κ2) is 4.30. The van der Waals surface area contributed by atoms with Crippen molar-refractivity contribution in [2.45, 2.75) is 13.3 Å². The van der Waals surface area contributed by atoms with Crippen LogP contribution in [-0.2, 0) is 6.42 Å². The summed E-state index contributed by atoms with van der Waals surface area (Å²) in [4.78, 5) is 0. The molecule has 1 aromatic carbocycles. The standard InChI is InChI=1S/C14H14O2/c1-4-5-11-7-13-14(16-9-15-13)8-12(11)6-10(2)3/h5,7-8H,1-2,6,9H2,3H3. The fourth-order valence-corrected chi connectivity index (χ4v) is 1.72. The summed E-state index contributed by atoms with van der Waals surface area (Å²) in [5, 5.41) is 0. The second-order valence-corrected chi connectivity index (χ2v) is 3.89. The Morgan fingerprint density at radius 3 is 2.75 bits per heavy atom. The molecule has 0 aliphatic carbocycles. The minimum Gasteiger partial charge on any atom is -0.454 e. The van der Waals surface area contributed by atoms with Crippen LogP contribution < -0.4 is 9.47 Å². The van der Waals surface area contributed by atoms with Gasteiger partial charge in [0.05, 0.1) is 0 Å². The van der Waals surface area contributed by atoms with Gasteiger partial charge in [-0.25, -0.2) is 0 Å². The van der Waals surface area contributed by atoms with Crippen molar-refractivity contribution in [3.63, 3.8) is 0 Å². The van der Waals surface area contributed by atoms with Crippen molar-refractivity contribution >= 4 is 6.08 Å². The van der Waals surface area contributed by atoms with Gasteiger partial charge in [-0.2, -0.15) is 0 Å². The molecule has 1 aliphatic heterocycles. The molecule has 0 amide bonds. The summed E-state index contributed by atoms with van der Waals surface area (Å²) in [6, 6.07) is 3.96. The van der Waals surface area contributed by atoms with Gasteiger partial charge in [0, 0.05) is 0 Å². The Hall–Kier alpha value is -1.92. The van der Waals surface area contributed by atoms with E-state index in [1.165, 1.54) is 0 Å². The average molecular weight is 214 g/mol. The molecule has 2 rings (SSSR count). The zero-order valence-electron chi connectivity index (χ0n) is 9.38. The summed E-state index contributed by atoms with van der Waals surface area (Å²) in [6.07, 6.45) is 2.67. The lowest BCUT2D eigenvalue weighted by molar-refractivity contribution is 0.174. The van der Waals surface area contributed by atoms with Gasteiger partial charge in [-0.05, 0) is 42.7 Å². The highest BCUT2D eigenvalue weighted by molar-refractivity contribution is 5.61. The molecule has 82 valence electrons. The van der Waals surface area contributed by atoms with Gasteiger partial charge in [-0.1, -0.05) is 18.7 Å². The maximum Gasteiger partial charge on any atom is 0.231 e. The fraction of sp³-hybridized carbons (Fsp3) is 0.214. The van der Waals surface area contributed by atoms with Crippen molar-refractivity contribution in [3.05, 3.63) is 47.7 Å². The zero-order chi connectivity index (χ0) is 11.5. The van der Waals surface area contributed by atoms with Crippen LogP contribution in [0.1, 0.15) is 18.1 Å². The number of hydrogen-bond donors (Lipinski definition) is 0. The molecule has 16 heavy (non-hydrogen) atoms. The van der Waals surface area contributed by atoms with Crippen LogP contribution in [0.2, 0.25) is 0 Å². The molecule has 1 aliphatic rings. The van der Waals surface area contributed by atoms with Crippen molar-refractivity contribution < 1.29 is 9.47 Å². The maximum absolute atomic E-state index is 5.35. The minimum atomic E-state index is 0.295. The number of rotatable bonds is 3. The monoisotopic (exact) mass is 214 g/mol. The number of benzene rings is 1. The number of ether oxygens (including phenoxy) is 2. The van der Waals surface area contributed by atoms with Crippen LogP contribution in [0.25, 0.3) is 6.08 Å². The van der Waals surface area contributed by atoms with Crippen molar-refractivity contribution in [1.82, 2.24) is 0 Å². The summed E-state index contributed by atoms with van der Waals surface area (Å²) < 4.78 is 10.7. The zero-order valence-corrected chi connectivity index (χ0v) is 9.38. The molecule has 2 nitrogen and oxygen atoms in total. The van der Waals surface area contributed by atoms with Gasteiger partial charge >= 0.3 is 0 Å². The third kappa shape index (κ3) is 2.02. The molecule has 0 N–H and O–H groups in total. The molecule has 0 atom stereocenters. The lowest BCUT2D eigenvalue weighted by atomic mass is 10.0. The van der Waals surface area contributed by atoms with E-state index in [-0.39, 0.29) is 0 Å². The van der Waals surface area contributed by atoms with Crippen molar-refractivity contribution in [2.75, 3.05) is 6.79 Å². The van der Waals surface area contributed by atoms with Crippen LogP contribution >= 0.6 is 0 Å². The van der Waals surface area contributed by atoms with E-state index in [1.807, 2.05) is 25.1 Å². The molecule has 2 heteroatoms. The Bertz CT molecular complexity index is 480. The summed E-state index contributed by atoms with van der Waals surface area (Å²) in [5.41, 5.74) is 6.11. The van der Waals surface area contributed by atoms with Crippen LogP contribution in [0.3, 0.4) is 0 Å². The highest BCUT2D eigenvalue weighted by atomic mass is 16.7. The Labute approximate surface area is 95.5 Å². The van der Waals surface area contributed by atoms with Crippen molar-refractivity contribution in [1.29, 1.82) is 0 Å². The van der Waals surface area contributed by atoms with E-state index in [1.54, 1.807) is 0 Å². The van der Waals surface area contributed by atoms with Gasteiger partial charge in [0.2, 0.25) is 6.79 Å². The quantitative estimate of drug-likeness (QED) is 0.567. The van der Waals surface area contributed by atoms with Crippen molar-refractivity contribution in [3.8, 4) is 11.5 Å². The van der Waals surface area contributed by atoms with Gasteiger partial charge in [-0.3, -0.25) is 0 Å². The van der Waals surface area contributed by atoms with Crippen LogP contribution in [0, 0.1) is 0 Å². The lowest BCUT2D eigenvalue weighted by Gasteiger charge is -2.07. The molecule has 0 saturated heterocycles. The molecule has 0 spiro atoms. The normalized spacial score (nSPS) is 12.1. The van der Waals surface area contributed by atoms with Crippen molar-refractivity contribution in [2.24, 2.45) is 0 Å². The highest BCUT2D eigenvalue weighted by Gasteiger charge is 2.16. The maximum atomic E-state index is 5.35. The van der Waals surface area contributed by atoms with E-state index < -0.39 is 0 Å². The largest absolute Gasteiger partial charge is 0.454 e. The summed E-state index contributed by atoms with van der Waals surface area (Å²) in [5.74, 6) is 1.59. The fourth-order valence-electron chi connectivity index (χ4n) is 1.72. The Morgan fingerprint density at radius 1 is 1.44 bits per heavy atom. The predicted molar refractivity (Wildman–Crippen MR) is 64.7 cm³/mol. The third-order valence-corrected chi connectivity index (χ3v) is 2.38. The lowest BCUT2D eigenvalue weighted by Crippen LogP contribution is -1.93. The van der Waals surface area contributed by atoms with Crippen LogP contribution in [0.15, 0.2) is 36.6 Å². The third-order valence-electron chi connectivity index (χ3n) is 2.38. The highest BCUT2D eigenvalue weighted by Crippen LogP contribution is 2.35. The molecule has 0 aromatic heterocycles. The van der Waals surface area contributed by atoms with Gasteiger partial charge < -0.3 is 9.47 Å². The van der Waals surface area contributed by atoms with E-state index in [0.717, 1.165) is 34.6 Å². The number of allylic oxidation sites excluding steroid dienone is 1. The predicted octanol–water partition coefficient (Wildman–Crippen LogP) is 3.33. The minimum absolute atomic E-state index is 0.295. The van der Waals surface area contributed by atoms with Gasteiger partial charge in [-0.15, -0.1) is 5.73 Å². The molecule has 0 unspecified atom stereocenters. The van der Waals surface area contributed by atoms with Gasteiger partial charge in [0.1, 0.15) is 0 Å². The summed E-state index contributed by atoms with van der Waals surface area (Å²) in [6.45, 7) is 9.82. The first-order valence-electron chi connectivity index (χ1n) is 5.13. The first kappa shape index (κ1) is 10.6. The van der Waals surface area contributed by atoms with E-state index in [2.05, 4.69) is 18.9 Å². The summed E-state index contributed by atoms with van der Waals surface area (Å²) in [7, 11) is 0. The Balaban J connectivity index is 2.48. The number of hydrogen-bond acceptors (Lipinski definition) is 2. The number of fused-ring (bicyclic) bond motifs is 1. The Morgan fingerprint density at radius 2 is 2.12 bits per heavy atom. The first-order valence-corrected chi connectivity index (χ1v) is 5.13. The van der Waals surface area contributed by atoms with Gasteiger partial charge in [0.15, 0.2) is 11.5 Å². The summed E-state index contributed by atoms with van der Waals surface area (Å²) >= 11 is 0. The van der Waals surface area contributed by atoms with Gasteiger partial charge in [0.25, 0.3) is 0 Å². The van der Waals surface area contributed by atoms with E-state index in [0.29, 0.717) is 6.79 Å². The van der Waals surface area contributed by atoms with Crippen LogP contribution in [0.4, 0.5) is 0 Å². The molecular formula is C14H14O2. The molecular weight excluding hydrogens is 200 g/mol. The second-order valence-electron chi connectivity index (χ2n) is 3.89. The molecule has 0 fully saturated rings. The Kier molecular flexibility index (Phi) is 2.84. The van der Waals surface area contributed by atoms with E-state index >= 15 is 0 Å². The first-order chi connectivity index (χ1) is 7.70. The van der Waals surface area contributed by atoms with Crippen LogP contribution in [0.5, 0.6) is 11.5 Å². The van der Waals surface area contributed by atoms with E-state index in [9.17, 15) is 0 Å². The average Bonchev–Trinajstić information content (AvgIpc) is 2.64. The molecule has 1 aromatic rings. The topological polar surface area (TPSA) is 18.5 Å². The van der Waals surface area contributed by atoms with Crippen LogP contribution in [-0.4, -0.2) is 6.79 Å². The van der Waals surface area contributed by atoms with E-state index in [4.69, 9.17) is 9.47 Å².